The molecule has 0 spiro atoms. The molecule has 0 unspecified atom stereocenters. The van der Waals surface area contributed by atoms with E-state index in [2.05, 4.69) is 0 Å². The first-order chi connectivity index (χ1) is 8.95. The highest BCUT2D eigenvalue weighted by Crippen LogP contribution is 2.32. The number of hydrogen-bond acceptors (Lipinski definition) is 4. The summed E-state index contributed by atoms with van der Waals surface area (Å²) in [6, 6.07) is 5.18. The summed E-state index contributed by atoms with van der Waals surface area (Å²) >= 11 is 0. The second-order valence-corrected chi connectivity index (χ2v) is 4.05. The van der Waals surface area contributed by atoms with Crippen molar-refractivity contribution in [1.82, 2.24) is 0 Å². The molecule has 1 rings (SSSR count). The van der Waals surface area contributed by atoms with Gasteiger partial charge < -0.3 is 14.6 Å². The van der Waals surface area contributed by atoms with Crippen molar-refractivity contribution in [2.24, 2.45) is 0 Å². The van der Waals surface area contributed by atoms with E-state index in [-0.39, 0.29) is 6.10 Å². The molecule has 0 aliphatic rings. The van der Waals surface area contributed by atoms with Gasteiger partial charge in [0.25, 0.3) is 5.78 Å². The number of carbonyl (C=O) groups is 2. The number of hydrogen-bond donors (Lipinski definition) is 1. The standard InChI is InChI=1S/C14H16O5/c1-9(2)19-13-10(5-4-6-12(13)18-3)7-8-11(15)14(16)17/h4-9H,1-3H3,(H,16,17)/b8-7+. The number of methoxy groups -OCH3 is 1. The minimum Gasteiger partial charge on any atom is -0.493 e. The molecule has 0 radical (unpaired) electrons. The lowest BCUT2D eigenvalue weighted by Gasteiger charge is -2.15. The third-order valence-electron chi connectivity index (χ3n) is 2.21. The molecule has 0 saturated heterocycles. The third kappa shape index (κ3) is 4.13. The zero-order valence-electron chi connectivity index (χ0n) is 11.0. The average molecular weight is 264 g/mol. The fourth-order valence-electron chi connectivity index (χ4n) is 1.42. The topological polar surface area (TPSA) is 72.8 Å². The van der Waals surface area contributed by atoms with Crippen LogP contribution < -0.4 is 9.47 Å². The van der Waals surface area contributed by atoms with Crippen LogP contribution in [0.15, 0.2) is 24.3 Å². The van der Waals surface area contributed by atoms with Gasteiger partial charge in [-0.25, -0.2) is 4.79 Å². The van der Waals surface area contributed by atoms with Gasteiger partial charge in [-0.15, -0.1) is 0 Å². The number of benzene rings is 1. The van der Waals surface area contributed by atoms with Crippen LogP contribution in [0.1, 0.15) is 19.4 Å². The van der Waals surface area contributed by atoms with E-state index in [4.69, 9.17) is 14.6 Å². The van der Waals surface area contributed by atoms with Crippen LogP contribution in [0.25, 0.3) is 6.08 Å². The van der Waals surface area contributed by atoms with Crippen LogP contribution in [0.4, 0.5) is 0 Å². The number of aliphatic carboxylic acids is 1. The summed E-state index contributed by atoms with van der Waals surface area (Å²) in [5, 5.41) is 8.52. The quantitative estimate of drug-likeness (QED) is 0.629. The van der Waals surface area contributed by atoms with Gasteiger partial charge in [0.1, 0.15) is 0 Å². The largest absolute Gasteiger partial charge is 0.493 e. The molecule has 1 aromatic rings. The molecule has 0 amide bonds. The molecular weight excluding hydrogens is 248 g/mol. The minimum absolute atomic E-state index is 0.0707. The zero-order chi connectivity index (χ0) is 14.4. The molecule has 0 saturated carbocycles. The smallest absolute Gasteiger partial charge is 0.376 e. The number of rotatable bonds is 6. The van der Waals surface area contributed by atoms with Crippen molar-refractivity contribution in [1.29, 1.82) is 0 Å². The van der Waals surface area contributed by atoms with E-state index < -0.39 is 11.8 Å². The summed E-state index contributed by atoms with van der Waals surface area (Å²) < 4.78 is 10.8. The summed E-state index contributed by atoms with van der Waals surface area (Å²) in [4.78, 5) is 21.5. The highest BCUT2D eigenvalue weighted by Gasteiger charge is 2.12. The molecule has 19 heavy (non-hydrogen) atoms. The first-order valence-corrected chi connectivity index (χ1v) is 5.74. The normalized spacial score (nSPS) is 10.7. The van der Waals surface area contributed by atoms with Gasteiger partial charge in [0, 0.05) is 5.56 Å². The van der Waals surface area contributed by atoms with Crippen LogP contribution in [0.3, 0.4) is 0 Å². The lowest BCUT2D eigenvalue weighted by atomic mass is 10.1. The maximum absolute atomic E-state index is 11.0. The number of ketones is 1. The molecule has 102 valence electrons. The number of carboxylic acid groups (broad SMARTS) is 1. The van der Waals surface area contributed by atoms with Crippen molar-refractivity contribution < 1.29 is 24.2 Å². The Morgan fingerprint density at radius 3 is 2.53 bits per heavy atom. The van der Waals surface area contributed by atoms with Crippen molar-refractivity contribution in [3.05, 3.63) is 29.8 Å². The Balaban J connectivity index is 3.12. The molecule has 0 atom stereocenters. The van der Waals surface area contributed by atoms with Gasteiger partial charge in [-0.2, -0.15) is 0 Å². The SMILES string of the molecule is COc1cccc(/C=C/C(=O)C(=O)O)c1OC(C)C. The average Bonchev–Trinajstić information content (AvgIpc) is 2.36. The van der Waals surface area contributed by atoms with Gasteiger partial charge in [-0.3, -0.25) is 4.79 Å². The van der Waals surface area contributed by atoms with Gasteiger partial charge >= 0.3 is 5.97 Å². The predicted molar refractivity (Wildman–Crippen MR) is 70.4 cm³/mol. The summed E-state index contributed by atoms with van der Waals surface area (Å²) in [5.41, 5.74) is 0.586. The fraction of sp³-hybridized carbons (Fsp3) is 0.286. The Morgan fingerprint density at radius 2 is 2.00 bits per heavy atom. The summed E-state index contributed by atoms with van der Waals surface area (Å²) in [6.45, 7) is 3.73. The molecule has 0 aromatic heterocycles. The number of para-hydroxylation sites is 1. The predicted octanol–water partition coefficient (Wildman–Crippen LogP) is 2.15. The number of ether oxygens (including phenoxy) is 2. The zero-order valence-corrected chi connectivity index (χ0v) is 11.0. The molecular formula is C14H16O5. The van der Waals surface area contributed by atoms with Crippen LogP contribution in [0.5, 0.6) is 11.5 Å². The number of carbonyl (C=O) groups excluding carboxylic acids is 1. The molecule has 0 bridgehead atoms. The van der Waals surface area contributed by atoms with E-state index in [0.717, 1.165) is 6.08 Å². The van der Waals surface area contributed by atoms with Crippen LogP contribution >= 0.6 is 0 Å². The lowest BCUT2D eigenvalue weighted by Crippen LogP contribution is -2.09. The van der Waals surface area contributed by atoms with E-state index in [9.17, 15) is 9.59 Å². The van der Waals surface area contributed by atoms with Crippen molar-refractivity contribution in [3.8, 4) is 11.5 Å². The van der Waals surface area contributed by atoms with Crippen molar-refractivity contribution in [2.75, 3.05) is 7.11 Å². The first kappa shape index (κ1) is 14.8. The highest BCUT2D eigenvalue weighted by molar-refractivity contribution is 6.38. The Bertz CT molecular complexity index is 503. The van der Waals surface area contributed by atoms with Gasteiger partial charge in [0.15, 0.2) is 11.5 Å². The monoisotopic (exact) mass is 264 g/mol. The number of carboxylic acids is 1. The molecule has 5 nitrogen and oxygen atoms in total. The van der Waals surface area contributed by atoms with Crippen LogP contribution in [0, 0.1) is 0 Å². The van der Waals surface area contributed by atoms with Gasteiger partial charge in [-0.1, -0.05) is 12.1 Å². The fourth-order valence-corrected chi connectivity index (χ4v) is 1.42. The van der Waals surface area contributed by atoms with Crippen LogP contribution in [-0.2, 0) is 9.59 Å². The first-order valence-electron chi connectivity index (χ1n) is 5.74. The van der Waals surface area contributed by atoms with Crippen molar-refractivity contribution >= 4 is 17.8 Å². The molecule has 5 heteroatoms. The second-order valence-electron chi connectivity index (χ2n) is 4.05. The molecule has 0 heterocycles. The van der Waals surface area contributed by atoms with Gasteiger partial charge in [0.05, 0.1) is 13.2 Å². The molecule has 0 aliphatic heterocycles. The van der Waals surface area contributed by atoms with Gasteiger partial charge in [-0.05, 0) is 32.1 Å². The molecule has 0 fully saturated rings. The Morgan fingerprint density at radius 1 is 1.32 bits per heavy atom. The summed E-state index contributed by atoms with van der Waals surface area (Å²) in [7, 11) is 1.51. The van der Waals surface area contributed by atoms with E-state index in [1.54, 1.807) is 18.2 Å². The van der Waals surface area contributed by atoms with Crippen LogP contribution in [0.2, 0.25) is 0 Å². The second kappa shape index (κ2) is 6.58. The van der Waals surface area contributed by atoms with E-state index in [1.807, 2.05) is 13.8 Å². The molecule has 0 aliphatic carbocycles. The Hall–Kier alpha value is -2.30. The minimum atomic E-state index is -1.49. The van der Waals surface area contributed by atoms with E-state index in [1.165, 1.54) is 13.2 Å². The highest BCUT2D eigenvalue weighted by atomic mass is 16.5. The van der Waals surface area contributed by atoms with Gasteiger partial charge in [0.2, 0.25) is 0 Å². The third-order valence-corrected chi connectivity index (χ3v) is 2.21. The lowest BCUT2D eigenvalue weighted by molar-refractivity contribution is -0.146. The van der Waals surface area contributed by atoms with E-state index >= 15 is 0 Å². The Labute approximate surface area is 111 Å². The summed E-state index contributed by atoms with van der Waals surface area (Å²) in [6.07, 6.45) is 2.32. The maximum atomic E-state index is 11.0. The maximum Gasteiger partial charge on any atom is 0.376 e. The van der Waals surface area contributed by atoms with Crippen LogP contribution in [-0.4, -0.2) is 30.1 Å². The van der Waals surface area contributed by atoms with E-state index in [0.29, 0.717) is 17.1 Å². The van der Waals surface area contributed by atoms with Crippen molar-refractivity contribution in [3.63, 3.8) is 0 Å². The molecule has 1 N–H and O–H groups in total. The summed E-state index contributed by atoms with van der Waals surface area (Å²) in [5.74, 6) is -1.48. The van der Waals surface area contributed by atoms with Crippen molar-refractivity contribution in [2.45, 2.75) is 20.0 Å². The molecule has 1 aromatic carbocycles. The Kier molecular flexibility index (Phi) is 5.11.